The van der Waals surface area contributed by atoms with E-state index >= 15 is 0 Å². The summed E-state index contributed by atoms with van der Waals surface area (Å²) in [5.41, 5.74) is 14.5. The van der Waals surface area contributed by atoms with Crippen LogP contribution >= 0.6 is 0 Å². The van der Waals surface area contributed by atoms with Crippen molar-refractivity contribution in [2.75, 3.05) is 4.90 Å². The second-order valence-electron chi connectivity index (χ2n) is 14.9. The van der Waals surface area contributed by atoms with Crippen LogP contribution in [-0.2, 0) is 0 Å². The van der Waals surface area contributed by atoms with E-state index in [1.165, 1.54) is 54.9 Å². The van der Waals surface area contributed by atoms with Crippen molar-refractivity contribution in [1.29, 1.82) is 0 Å². The molecule has 0 bridgehead atoms. The van der Waals surface area contributed by atoms with Gasteiger partial charge < -0.3 is 9.32 Å². The fourth-order valence-corrected chi connectivity index (χ4v) is 8.53. The fraction of sp³-hybridized carbons (Fsp3) is 0. The molecule has 0 N–H and O–H groups in total. The lowest BCUT2D eigenvalue weighted by molar-refractivity contribution is 0.669. The number of fused-ring (bicyclic) bond motifs is 5. The molecule has 0 atom stereocenters. The van der Waals surface area contributed by atoms with Gasteiger partial charge in [0.05, 0.1) is 5.69 Å². The van der Waals surface area contributed by atoms with E-state index in [2.05, 4.69) is 229 Å². The summed E-state index contributed by atoms with van der Waals surface area (Å²) in [5, 5.41) is 7.12. The molecule has 1 aromatic heterocycles. The first-order valence-corrected chi connectivity index (χ1v) is 19.8. The molecule has 0 amide bonds. The lowest BCUT2D eigenvalue weighted by atomic mass is 9.97. The van der Waals surface area contributed by atoms with Crippen LogP contribution in [0.15, 0.2) is 229 Å². The predicted octanol–water partition coefficient (Wildman–Crippen LogP) is 16.0. The van der Waals surface area contributed by atoms with E-state index in [-0.39, 0.29) is 0 Å². The van der Waals surface area contributed by atoms with Crippen molar-refractivity contribution >= 4 is 60.5 Å². The Morgan fingerprint density at radius 3 is 1.50 bits per heavy atom. The third-order valence-corrected chi connectivity index (χ3v) is 11.5. The van der Waals surface area contributed by atoms with Crippen LogP contribution in [-0.4, -0.2) is 0 Å². The Morgan fingerprint density at radius 1 is 0.276 bits per heavy atom. The topological polar surface area (TPSA) is 16.4 Å². The van der Waals surface area contributed by atoms with Gasteiger partial charge in [0.15, 0.2) is 0 Å². The summed E-state index contributed by atoms with van der Waals surface area (Å²) >= 11 is 0. The van der Waals surface area contributed by atoms with Crippen molar-refractivity contribution in [2.45, 2.75) is 0 Å². The number of hydrogen-bond acceptors (Lipinski definition) is 2. The van der Waals surface area contributed by atoms with Gasteiger partial charge in [-0.25, -0.2) is 0 Å². The first kappa shape index (κ1) is 33.6. The van der Waals surface area contributed by atoms with Gasteiger partial charge in [0, 0.05) is 27.7 Å². The summed E-state index contributed by atoms with van der Waals surface area (Å²) in [4.78, 5) is 2.38. The summed E-state index contributed by atoms with van der Waals surface area (Å²) in [6.45, 7) is 0. The molecule has 11 rings (SSSR count). The Morgan fingerprint density at radius 2 is 0.776 bits per heavy atom. The van der Waals surface area contributed by atoms with Crippen LogP contribution in [0.1, 0.15) is 0 Å². The van der Waals surface area contributed by atoms with Gasteiger partial charge in [-0.15, -0.1) is 0 Å². The number of para-hydroxylation sites is 1. The van der Waals surface area contributed by atoms with Crippen LogP contribution in [0.2, 0.25) is 0 Å². The second kappa shape index (κ2) is 14.1. The molecule has 0 saturated carbocycles. The van der Waals surface area contributed by atoms with Gasteiger partial charge >= 0.3 is 0 Å². The first-order chi connectivity index (χ1) is 28.7. The summed E-state index contributed by atoms with van der Waals surface area (Å²) in [7, 11) is 0. The van der Waals surface area contributed by atoms with E-state index in [0.29, 0.717) is 0 Å². The highest BCUT2D eigenvalue weighted by Gasteiger charge is 2.19. The maximum atomic E-state index is 6.41. The lowest BCUT2D eigenvalue weighted by Gasteiger charge is -2.28. The molecule has 0 radical (unpaired) electrons. The van der Waals surface area contributed by atoms with Crippen LogP contribution in [0.3, 0.4) is 0 Å². The van der Waals surface area contributed by atoms with Crippen molar-refractivity contribution in [3.63, 3.8) is 0 Å². The Bertz CT molecular complexity index is 3250. The molecule has 1 heterocycles. The molecule has 272 valence electrons. The smallest absolute Gasteiger partial charge is 0.136 e. The average molecular weight is 740 g/mol. The predicted molar refractivity (Wildman–Crippen MR) is 245 cm³/mol. The van der Waals surface area contributed by atoms with Gasteiger partial charge in [-0.3, -0.25) is 0 Å². The minimum Gasteiger partial charge on any atom is -0.456 e. The molecule has 2 heteroatoms. The van der Waals surface area contributed by atoms with Gasteiger partial charge in [-0.05, 0) is 115 Å². The normalized spacial score (nSPS) is 11.4. The molecule has 0 unspecified atom stereocenters. The van der Waals surface area contributed by atoms with E-state index in [1.807, 2.05) is 0 Å². The molecular weight excluding hydrogens is 703 g/mol. The highest BCUT2D eigenvalue weighted by molar-refractivity contribution is 6.11. The van der Waals surface area contributed by atoms with Crippen LogP contribution in [0, 0.1) is 0 Å². The highest BCUT2D eigenvalue weighted by atomic mass is 16.3. The van der Waals surface area contributed by atoms with Crippen LogP contribution in [0.5, 0.6) is 0 Å². The third kappa shape index (κ3) is 6.00. The summed E-state index contributed by atoms with van der Waals surface area (Å²) in [6.07, 6.45) is 0. The quantitative estimate of drug-likeness (QED) is 0.162. The number of benzene rings is 10. The molecule has 0 spiro atoms. The first-order valence-electron chi connectivity index (χ1n) is 19.8. The summed E-state index contributed by atoms with van der Waals surface area (Å²) in [5.74, 6) is 0. The van der Waals surface area contributed by atoms with Gasteiger partial charge in [0.25, 0.3) is 0 Å². The maximum absolute atomic E-state index is 6.41. The molecule has 0 fully saturated rings. The number of anilines is 3. The Labute approximate surface area is 337 Å². The maximum Gasteiger partial charge on any atom is 0.136 e. The van der Waals surface area contributed by atoms with E-state index in [4.69, 9.17) is 4.42 Å². The number of nitrogens with zero attached hydrogens (tertiary/aromatic N) is 1. The summed E-state index contributed by atoms with van der Waals surface area (Å²) in [6, 6.07) is 80.7. The Hall–Kier alpha value is -7.68. The van der Waals surface area contributed by atoms with Gasteiger partial charge in [-0.1, -0.05) is 170 Å². The summed E-state index contributed by atoms with van der Waals surface area (Å²) < 4.78 is 6.41. The zero-order valence-corrected chi connectivity index (χ0v) is 31.7. The average Bonchev–Trinajstić information content (AvgIpc) is 3.65. The van der Waals surface area contributed by atoms with E-state index < -0.39 is 0 Å². The van der Waals surface area contributed by atoms with Crippen molar-refractivity contribution in [1.82, 2.24) is 0 Å². The minimum atomic E-state index is 0.889. The van der Waals surface area contributed by atoms with Crippen LogP contribution in [0.25, 0.3) is 88.0 Å². The number of rotatable bonds is 7. The van der Waals surface area contributed by atoms with Gasteiger partial charge in [-0.2, -0.15) is 0 Å². The highest BCUT2D eigenvalue weighted by Crippen LogP contribution is 2.44. The molecule has 10 aromatic carbocycles. The zero-order chi connectivity index (χ0) is 38.4. The number of hydrogen-bond donors (Lipinski definition) is 0. The van der Waals surface area contributed by atoms with E-state index in [1.54, 1.807) is 0 Å². The number of furan rings is 1. The molecule has 0 aliphatic heterocycles. The Kier molecular flexibility index (Phi) is 8.19. The molecule has 0 aliphatic rings. The van der Waals surface area contributed by atoms with Crippen LogP contribution < -0.4 is 4.90 Å². The minimum absolute atomic E-state index is 0.889. The van der Waals surface area contributed by atoms with Gasteiger partial charge in [0.1, 0.15) is 11.2 Å². The van der Waals surface area contributed by atoms with Crippen LogP contribution in [0.4, 0.5) is 17.1 Å². The second-order valence-corrected chi connectivity index (χ2v) is 14.9. The largest absolute Gasteiger partial charge is 0.456 e. The molecular formula is C56H37NO. The van der Waals surface area contributed by atoms with E-state index in [0.717, 1.165) is 50.1 Å². The standard InChI is InChI=1S/C56H37NO/c1-2-11-38(12-3-1)39-21-23-40(24-22-39)41-25-30-47(31-26-41)57(48-32-27-43(28-33-48)50-19-10-16-42-13-6-7-17-49(42)50)54-20-9-8-18-51(54)46-29-34-55-52(36-46)53-35-44-14-4-5-15-45(44)37-56(53)58-55/h1-37H. The van der Waals surface area contributed by atoms with Gasteiger partial charge in [0.2, 0.25) is 0 Å². The molecule has 0 aliphatic carbocycles. The van der Waals surface area contributed by atoms with Crippen molar-refractivity contribution in [2.24, 2.45) is 0 Å². The lowest BCUT2D eigenvalue weighted by Crippen LogP contribution is -2.11. The Balaban J connectivity index is 1.02. The molecule has 58 heavy (non-hydrogen) atoms. The van der Waals surface area contributed by atoms with Crippen molar-refractivity contribution in [3.05, 3.63) is 224 Å². The van der Waals surface area contributed by atoms with Crippen molar-refractivity contribution < 1.29 is 4.42 Å². The van der Waals surface area contributed by atoms with E-state index in [9.17, 15) is 0 Å². The molecule has 11 aromatic rings. The molecule has 2 nitrogen and oxygen atoms in total. The van der Waals surface area contributed by atoms with Crippen molar-refractivity contribution in [3.8, 4) is 44.5 Å². The zero-order valence-electron chi connectivity index (χ0n) is 31.7. The third-order valence-electron chi connectivity index (χ3n) is 11.5. The molecule has 0 saturated heterocycles. The fourth-order valence-electron chi connectivity index (χ4n) is 8.53. The SMILES string of the molecule is c1ccc(-c2ccc(-c3ccc(N(c4ccc(-c5cccc6ccccc56)cc4)c4ccccc4-c4ccc5oc6cc7ccccc7cc6c5c4)cc3)cc2)cc1. The monoisotopic (exact) mass is 739 g/mol.